The Morgan fingerprint density at radius 2 is 1.88 bits per heavy atom. The van der Waals surface area contributed by atoms with E-state index >= 15 is 0 Å². The Balaban J connectivity index is 1.60. The van der Waals surface area contributed by atoms with Crippen LogP contribution in [0.1, 0.15) is 46.3 Å². The summed E-state index contributed by atoms with van der Waals surface area (Å²) in [6, 6.07) is 10.3. The first-order chi connectivity index (χ1) is 12.5. The molecule has 6 heteroatoms. The number of carbonyl (C=O) groups excluding carboxylic acids is 2. The van der Waals surface area contributed by atoms with Crippen LogP contribution in [-0.4, -0.2) is 16.6 Å². The maximum absolute atomic E-state index is 12.3. The van der Waals surface area contributed by atoms with Crippen LogP contribution in [0.5, 0.6) is 0 Å². The fraction of sp³-hybridized carbons (Fsp3) is 0.300. The van der Waals surface area contributed by atoms with Gasteiger partial charge in [0.2, 0.25) is 5.91 Å². The lowest BCUT2D eigenvalue weighted by molar-refractivity contribution is -0.385. The highest BCUT2D eigenvalue weighted by atomic mass is 16.6. The van der Waals surface area contributed by atoms with E-state index in [1.54, 1.807) is 13.0 Å². The highest BCUT2D eigenvalue weighted by Gasteiger charge is 2.17. The molecular formula is C20H20N2O4. The summed E-state index contributed by atoms with van der Waals surface area (Å²) >= 11 is 0. The zero-order valence-electron chi connectivity index (χ0n) is 14.6. The van der Waals surface area contributed by atoms with Gasteiger partial charge in [-0.3, -0.25) is 19.7 Å². The number of nitro benzene ring substituents is 1. The van der Waals surface area contributed by atoms with Crippen molar-refractivity contribution in [1.82, 2.24) is 0 Å². The van der Waals surface area contributed by atoms with E-state index in [-0.39, 0.29) is 30.2 Å². The molecule has 1 amide bonds. The van der Waals surface area contributed by atoms with E-state index in [9.17, 15) is 19.7 Å². The van der Waals surface area contributed by atoms with Crippen molar-refractivity contribution in [2.45, 2.75) is 39.0 Å². The molecule has 26 heavy (non-hydrogen) atoms. The Kier molecular flexibility index (Phi) is 5.11. The van der Waals surface area contributed by atoms with Gasteiger partial charge in [0.15, 0.2) is 5.78 Å². The molecule has 0 heterocycles. The molecule has 0 aliphatic heterocycles. The van der Waals surface area contributed by atoms with E-state index < -0.39 is 4.92 Å². The van der Waals surface area contributed by atoms with E-state index in [0.717, 1.165) is 19.3 Å². The maximum atomic E-state index is 12.3. The number of carbonyl (C=O) groups is 2. The van der Waals surface area contributed by atoms with Crippen molar-refractivity contribution >= 4 is 23.1 Å². The SMILES string of the molecule is Cc1c(NC(=O)CCC(=O)c2ccc3c(c2)CCC3)cccc1[N+](=O)[O-]. The lowest BCUT2D eigenvalue weighted by Crippen LogP contribution is -2.14. The Morgan fingerprint density at radius 3 is 2.65 bits per heavy atom. The summed E-state index contributed by atoms with van der Waals surface area (Å²) in [5.41, 5.74) is 3.93. The first-order valence-corrected chi connectivity index (χ1v) is 8.64. The van der Waals surface area contributed by atoms with Crippen LogP contribution in [0, 0.1) is 17.0 Å². The number of hydrogen-bond acceptors (Lipinski definition) is 4. The van der Waals surface area contributed by atoms with Crippen molar-refractivity contribution in [2.75, 3.05) is 5.32 Å². The first-order valence-electron chi connectivity index (χ1n) is 8.64. The van der Waals surface area contributed by atoms with Crippen molar-refractivity contribution in [2.24, 2.45) is 0 Å². The Labute approximate surface area is 151 Å². The number of benzene rings is 2. The van der Waals surface area contributed by atoms with E-state index in [1.807, 2.05) is 18.2 Å². The highest BCUT2D eigenvalue weighted by molar-refractivity contribution is 6.00. The number of rotatable bonds is 6. The third kappa shape index (κ3) is 3.79. The van der Waals surface area contributed by atoms with E-state index in [0.29, 0.717) is 16.8 Å². The van der Waals surface area contributed by atoms with Gasteiger partial charge in [-0.25, -0.2) is 0 Å². The third-order valence-electron chi connectivity index (χ3n) is 4.78. The monoisotopic (exact) mass is 352 g/mol. The second-order valence-corrected chi connectivity index (χ2v) is 6.52. The van der Waals surface area contributed by atoms with Crippen LogP contribution in [0.3, 0.4) is 0 Å². The van der Waals surface area contributed by atoms with Crippen LogP contribution in [-0.2, 0) is 17.6 Å². The summed E-state index contributed by atoms with van der Waals surface area (Å²) in [4.78, 5) is 35.0. The number of nitro groups is 1. The van der Waals surface area contributed by atoms with Gasteiger partial charge in [0.1, 0.15) is 0 Å². The van der Waals surface area contributed by atoms with Crippen LogP contribution < -0.4 is 5.32 Å². The number of ketones is 1. The van der Waals surface area contributed by atoms with Crippen LogP contribution in [0.25, 0.3) is 0 Å². The van der Waals surface area contributed by atoms with Crippen molar-refractivity contribution in [1.29, 1.82) is 0 Å². The van der Waals surface area contributed by atoms with Crippen molar-refractivity contribution in [3.05, 3.63) is 68.8 Å². The van der Waals surface area contributed by atoms with Gasteiger partial charge in [0.05, 0.1) is 16.2 Å². The molecule has 0 aromatic heterocycles. The molecule has 0 bridgehead atoms. The van der Waals surface area contributed by atoms with Crippen molar-refractivity contribution in [3.8, 4) is 0 Å². The number of nitrogens with one attached hydrogen (secondary N) is 1. The molecule has 134 valence electrons. The molecule has 3 rings (SSSR count). The molecule has 0 saturated heterocycles. The molecule has 2 aromatic carbocycles. The molecule has 0 atom stereocenters. The van der Waals surface area contributed by atoms with Gasteiger partial charge in [-0.05, 0) is 49.4 Å². The number of fused-ring (bicyclic) bond motifs is 1. The lowest BCUT2D eigenvalue weighted by Gasteiger charge is -2.09. The summed E-state index contributed by atoms with van der Waals surface area (Å²) < 4.78 is 0. The predicted octanol–water partition coefficient (Wildman–Crippen LogP) is 3.99. The zero-order valence-corrected chi connectivity index (χ0v) is 14.6. The topological polar surface area (TPSA) is 89.3 Å². The van der Waals surface area contributed by atoms with Crippen LogP contribution in [0.2, 0.25) is 0 Å². The first kappa shape index (κ1) is 17.8. The molecule has 1 aliphatic rings. The number of Topliss-reactive ketones (excluding diaryl/α,β-unsaturated/α-hetero) is 1. The highest BCUT2D eigenvalue weighted by Crippen LogP contribution is 2.26. The van der Waals surface area contributed by atoms with Gasteiger partial charge in [-0.1, -0.05) is 18.2 Å². The maximum Gasteiger partial charge on any atom is 0.274 e. The minimum Gasteiger partial charge on any atom is -0.326 e. The Morgan fingerprint density at radius 1 is 1.12 bits per heavy atom. The largest absolute Gasteiger partial charge is 0.326 e. The second kappa shape index (κ2) is 7.47. The fourth-order valence-corrected chi connectivity index (χ4v) is 3.29. The molecular weight excluding hydrogens is 332 g/mol. The van der Waals surface area contributed by atoms with E-state index in [4.69, 9.17) is 0 Å². The molecule has 0 unspecified atom stereocenters. The van der Waals surface area contributed by atoms with Crippen molar-refractivity contribution in [3.63, 3.8) is 0 Å². The van der Waals surface area contributed by atoms with Crippen LogP contribution >= 0.6 is 0 Å². The predicted molar refractivity (Wildman–Crippen MR) is 98.5 cm³/mol. The Bertz CT molecular complexity index is 889. The third-order valence-corrected chi connectivity index (χ3v) is 4.78. The van der Waals surface area contributed by atoms with Gasteiger partial charge in [-0.15, -0.1) is 0 Å². The molecule has 1 aliphatic carbocycles. The molecule has 0 spiro atoms. The smallest absolute Gasteiger partial charge is 0.274 e. The zero-order chi connectivity index (χ0) is 18.7. The fourth-order valence-electron chi connectivity index (χ4n) is 3.29. The Hall–Kier alpha value is -3.02. The number of aryl methyl sites for hydroxylation is 2. The normalized spacial score (nSPS) is 12.5. The minimum absolute atomic E-state index is 0.0397. The number of hydrogen-bond donors (Lipinski definition) is 1. The van der Waals surface area contributed by atoms with Gasteiger partial charge in [-0.2, -0.15) is 0 Å². The molecule has 1 N–H and O–H groups in total. The average Bonchev–Trinajstić information content (AvgIpc) is 3.09. The van der Waals surface area contributed by atoms with Crippen LogP contribution in [0.15, 0.2) is 36.4 Å². The van der Waals surface area contributed by atoms with Crippen molar-refractivity contribution < 1.29 is 14.5 Å². The summed E-state index contributed by atoms with van der Waals surface area (Å²) in [7, 11) is 0. The van der Waals surface area contributed by atoms with E-state index in [1.165, 1.54) is 23.3 Å². The summed E-state index contributed by atoms with van der Waals surface area (Å²) in [5.74, 6) is -0.395. The molecule has 0 fully saturated rings. The molecule has 2 aromatic rings. The molecule has 0 radical (unpaired) electrons. The summed E-state index contributed by atoms with van der Waals surface area (Å²) in [6.45, 7) is 1.59. The minimum atomic E-state index is -0.484. The number of anilines is 1. The van der Waals surface area contributed by atoms with E-state index in [2.05, 4.69) is 5.32 Å². The average molecular weight is 352 g/mol. The van der Waals surface area contributed by atoms with Crippen LogP contribution in [0.4, 0.5) is 11.4 Å². The lowest BCUT2D eigenvalue weighted by atomic mass is 10.0. The van der Waals surface area contributed by atoms with Gasteiger partial charge < -0.3 is 5.32 Å². The summed E-state index contributed by atoms with van der Waals surface area (Å²) in [5, 5.41) is 13.6. The number of amides is 1. The quantitative estimate of drug-likeness (QED) is 0.483. The molecule has 6 nitrogen and oxygen atoms in total. The standard InChI is InChI=1S/C20H20N2O4/c1-13-17(6-3-7-18(13)22(25)26)21-20(24)11-10-19(23)16-9-8-14-4-2-5-15(14)12-16/h3,6-9,12H,2,4-5,10-11H2,1H3,(H,21,24). The second-order valence-electron chi connectivity index (χ2n) is 6.52. The van der Waals surface area contributed by atoms with Gasteiger partial charge in [0.25, 0.3) is 5.69 Å². The van der Waals surface area contributed by atoms with Gasteiger partial charge in [0, 0.05) is 24.5 Å². The summed E-state index contributed by atoms with van der Waals surface area (Å²) in [6.07, 6.45) is 3.34. The molecule has 0 saturated carbocycles. The number of nitrogens with zero attached hydrogens (tertiary/aromatic N) is 1. The van der Waals surface area contributed by atoms with Gasteiger partial charge >= 0.3 is 0 Å².